The van der Waals surface area contributed by atoms with Gasteiger partial charge in [0.1, 0.15) is 11.5 Å². The molecule has 0 saturated carbocycles. The van der Waals surface area contributed by atoms with E-state index in [0.29, 0.717) is 0 Å². The first-order valence-electron chi connectivity index (χ1n) is 12.6. The van der Waals surface area contributed by atoms with Crippen molar-refractivity contribution in [3.8, 4) is 44.9 Å². The Balaban J connectivity index is 1.35. The molecule has 0 saturated heterocycles. The van der Waals surface area contributed by atoms with Crippen LogP contribution in [-0.4, -0.2) is 0 Å². The van der Waals surface area contributed by atoms with Crippen molar-refractivity contribution >= 4 is 21.5 Å². The molecule has 6 aromatic carbocycles. The molecular formula is C35H24O. The Hall–Kier alpha value is -4.36. The molecule has 0 atom stereocenters. The van der Waals surface area contributed by atoms with Gasteiger partial charge in [0.2, 0.25) is 0 Å². The molecule has 36 heavy (non-hydrogen) atoms. The fourth-order valence-electron chi connectivity index (χ4n) is 6.60. The molecule has 1 heteroatoms. The standard InChI is InChI=1S/C35H24O/c1-35(2)30-20-22(15-16-25(30)29-17-14-21-8-3-4-9-24(21)34(29)35)23-18-19-32-33-27(23)11-7-12-28(33)26-10-5-6-13-31(26)36-32/h3-20H,1-2H3. The van der Waals surface area contributed by atoms with Gasteiger partial charge in [-0.1, -0.05) is 105 Å². The molecule has 0 radical (unpaired) electrons. The average molecular weight is 461 g/mol. The SMILES string of the molecule is CC1(C)c2cc(-c3ccc4c5c(cccc35)-c3ccccc3O4)ccc2-c2ccc3ccccc3c21. The highest BCUT2D eigenvalue weighted by atomic mass is 16.5. The second kappa shape index (κ2) is 6.86. The first-order chi connectivity index (χ1) is 17.6. The first kappa shape index (κ1) is 19.9. The Labute approximate surface area is 210 Å². The van der Waals surface area contributed by atoms with Crippen LogP contribution in [0.25, 0.3) is 54.9 Å². The van der Waals surface area contributed by atoms with Crippen LogP contribution in [0.2, 0.25) is 0 Å². The van der Waals surface area contributed by atoms with E-state index in [1.165, 1.54) is 60.5 Å². The summed E-state index contributed by atoms with van der Waals surface area (Å²) in [6.45, 7) is 4.74. The summed E-state index contributed by atoms with van der Waals surface area (Å²) in [6, 6.07) is 39.7. The van der Waals surface area contributed by atoms with Crippen LogP contribution in [-0.2, 0) is 5.41 Å². The third kappa shape index (κ3) is 2.50. The van der Waals surface area contributed by atoms with E-state index in [-0.39, 0.29) is 5.41 Å². The number of rotatable bonds is 1. The van der Waals surface area contributed by atoms with Gasteiger partial charge in [-0.05, 0) is 73.3 Å². The molecule has 170 valence electrons. The summed E-state index contributed by atoms with van der Waals surface area (Å²) in [4.78, 5) is 0. The van der Waals surface area contributed by atoms with Crippen molar-refractivity contribution in [1.29, 1.82) is 0 Å². The lowest BCUT2D eigenvalue weighted by molar-refractivity contribution is 0.487. The van der Waals surface area contributed by atoms with Crippen LogP contribution in [0.5, 0.6) is 11.5 Å². The Kier molecular flexibility index (Phi) is 3.79. The summed E-state index contributed by atoms with van der Waals surface area (Å²) in [5.74, 6) is 1.86. The zero-order valence-corrected chi connectivity index (χ0v) is 20.3. The Morgan fingerprint density at radius 3 is 2.22 bits per heavy atom. The van der Waals surface area contributed by atoms with E-state index in [0.717, 1.165) is 17.1 Å². The minimum Gasteiger partial charge on any atom is -0.456 e. The number of para-hydroxylation sites is 1. The predicted octanol–water partition coefficient (Wildman–Crippen LogP) is 9.74. The van der Waals surface area contributed by atoms with Gasteiger partial charge in [-0.15, -0.1) is 0 Å². The minimum absolute atomic E-state index is 0.0735. The maximum Gasteiger partial charge on any atom is 0.135 e. The lowest BCUT2D eigenvalue weighted by Gasteiger charge is -2.24. The van der Waals surface area contributed by atoms with Crippen molar-refractivity contribution < 1.29 is 4.74 Å². The fourth-order valence-corrected chi connectivity index (χ4v) is 6.60. The zero-order valence-electron chi connectivity index (χ0n) is 20.3. The maximum atomic E-state index is 6.33. The summed E-state index contributed by atoms with van der Waals surface area (Å²) >= 11 is 0. The Bertz CT molecular complexity index is 1890. The fraction of sp³-hybridized carbons (Fsp3) is 0.0857. The van der Waals surface area contributed by atoms with Gasteiger partial charge in [0.05, 0.1) is 0 Å². The van der Waals surface area contributed by atoms with E-state index < -0.39 is 0 Å². The first-order valence-corrected chi connectivity index (χ1v) is 12.6. The number of fused-ring (bicyclic) bond motifs is 7. The Morgan fingerprint density at radius 2 is 1.28 bits per heavy atom. The molecule has 0 fully saturated rings. The van der Waals surface area contributed by atoms with E-state index in [2.05, 4.69) is 117 Å². The van der Waals surface area contributed by atoms with E-state index in [4.69, 9.17) is 4.74 Å². The smallest absolute Gasteiger partial charge is 0.135 e. The highest BCUT2D eigenvalue weighted by Gasteiger charge is 2.37. The lowest BCUT2D eigenvalue weighted by Crippen LogP contribution is -2.15. The number of hydrogen-bond donors (Lipinski definition) is 0. The van der Waals surface area contributed by atoms with Gasteiger partial charge in [-0.25, -0.2) is 0 Å². The summed E-state index contributed by atoms with van der Waals surface area (Å²) in [6.07, 6.45) is 0. The number of hydrogen-bond acceptors (Lipinski definition) is 1. The monoisotopic (exact) mass is 460 g/mol. The second-order valence-electron chi connectivity index (χ2n) is 10.5. The largest absolute Gasteiger partial charge is 0.456 e. The molecule has 1 nitrogen and oxygen atoms in total. The molecule has 1 aliphatic carbocycles. The van der Waals surface area contributed by atoms with E-state index in [9.17, 15) is 0 Å². The highest BCUT2D eigenvalue weighted by Crippen LogP contribution is 2.53. The lowest BCUT2D eigenvalue weighted by atomic mass is 9.79. The third-order valence-corrected chi connectivity index (χ3v) is 8.25. The van der Waals surface area contributed by atoms with Gasteiger partial charge in [-0.2, -0.15) is 0 Å². The molecule has 6 aromatic rings. The van der Waals surface area contributed by atoms with Crippen LogP contribution in [0.15, 0.2) is 109 Å². The second-order valence-corrected chi connectivity index (χ2v) is 10.5. The van der Waals surface area contributed by atoms with Crippen LogP contribution in [0.4, 0.5) is 0 Å². The normalized spacial score (nSPS) is 14.3. The van der Waals surface area contributed by atoms with Crippen molar-refractivity contribution in [3.63, 3.8) is 0 Å². The molecule has 0 spiro atoms. The molecule has 0 bridgehead atoms. The van der Waals surface area contributed by atoms with Crippen molar-refractivity contribution in [2.24, 2.45) is 0 Å². The van der Waals surface area contributed by atoms with Gasteiger partial charge < -0.3 is 4.74 Å². The molecule has 2 aliphatic rings. The van der Waals surface area contributed by atoms with E-state index in [1.54, 1.807) is 0 Å². The summed E-state index contributed by atoms with van der Waals surface area (Å²) < 4.78 is 6.33. The van der Waals surface area contributed by atoms with Crippen LogP contribution >= 0.6 is 0 Å². The van der Waals surface area contributed by atoms with Crippen LogP contribution in [0.3, 0.4) is 0 Å². The molecule has 1 aliphatic heterocycles. The van der Waals surface area contributed by atoms with Crippen LogP contribution < -0.4 is 4.74 Å². The third-order valence-electron chi connectivity index (χ3n) is 8.25. The zero-order chi connectivity index (χ0) is 24.0. The predicted molar refractivity (Wildman–Crippen MR) is 150 cm³/mol. The summed E-state index contributed by atoms with van der Waals surface area (Å²) in [5.41, 5.74) is 10.4. The number of ether oxygens (including phenoxy) is 1. The van der Waals surface area contributed by atoms with Crippen LogP contribution in [0.1, 0.15) is 25.0 Å². The van der Waals surface area contributed by atoms with Gasteiger partial charge in [0.25, 0.3) is 0 Å². The molecular weight excluding hydrogens is 436 g/mol. The van der Waals surface area contributed by atoms with Gasteiger partial charge >= 0.3 is 0 Å². The average Bonchev–Trinajstić information content (AvgIpc) is 3.15. The Morgan fingerprint density at radius 1 is 0.528 bits per heavy atom. The molecule has 0 unspecified atom stereocenters. The van der Waals surface area contributed by atoms with Crippen LogP contribution in [0, 0.1) is 0 Å². The quantitative estimate of drug-likeness (QED) is 0.237. The molecule has 8 rings (SSSR count). The van der Waals surface area contributed by atoms with Crippen molar-refractivity contribution in [3.05, 3.63) is 120 Å². The maximum absolute atomic E-state index is 6.33. The van der Waals surface area contributed by atoms with E-state index in [1.807, 2.05) is 6.07 Å². The van der Waals surface area contributed by atoms with Gasteiger partial charge in [-0.3, -0.25) is 0 Å². The van der Waals surface area contributed by atoms with Gasteiger partial charge in [0.15, 0.2) is 0 Å². The number of benzene rings is 6. The van der Waals surface area contributed by atoms with Crippen molar-refractivity contribution in [1.82, 2.24) is 0 Å². The van der Waals surface area contributed by atoms with Gasteiger partial charge in [0, 0.05) is 16.4 Å². The van der Waals surface area contributed by atoms with Crippen molar-refractivity contribution in [2.75, 3.05) is 0 Å². The van der Waals surface area contributed by atoms with E-state index >= 15 is 0 Å². The molecule has 0 aromatic heterocycles. The molecule has 0 N–H and O–H groups in total. The summed E-state index contributed by atoms with van der Waals surface area (Å²) in [5, 5.41) is 5.09. The summed E-state index contributed by atoms with van der Waals surface area (Å²) in [7, 11) is 0. The topological polar surface area (TPSA) is 9.23 Å². The molecule has 1 heterocycles. The minimum atomic E-state index is -0.0735. The van der Waals surface area contributed by atoms with Crippen molar-refractivity contribution in [2.45, 2.75) is 19.3 Å². The molecule has 0 amide bonds. The highest BCUT2D eigenvalue weighted by molar-refractivity contribution is 6.10.